The van der Waals surface area contributed by atoms with Gasteiger partial charge in [-0.1, -0.05) is 26.2 Å². The van der Waals surface area contributed by atoms with Crippen LogP contribution in [0.2, 0.25) is 0 Å². The van der Waals surface area contributed by atoms with Gasteiger partial charge in [-0.05, 0) is 44.3 Å². The Morgan fingerprint density at radius 3 is 2.44 bits per heavy atom. The smallest absolute Gasteiger partial charge is 0.201 e. The first-order valence-electron chi connectivity index (χ1n) is 5.30. The summed E-state index contributed by atoms with van der Waals surface area (Å²) in [4.78, 5) is 0. The molecule has 0 aromatic carbocycles. The summed E-state index contributed by atoms with van der Waals surface area (Å²) in [6.45, 7) is 2.07. The molecule has 1 heterocycles. The summed E-state index contributed by atoms with van der Waals surface area (Å²) in [5, 5.41) is 0. The van der Waals surface area contributed by atoms with Gasteiger partial charge >= 0.3 is 0 Å². The van der Waals surface area contributed by atoms with Gasteiger partial charge in [-0.3, -0.25) is 0 Å². The number of thiophene rings is 1. The van der Waals surface area contributed by atoms with E-state index < -0.39 is 5.92 Å². The maximum Gasteiger partial charge on any atom is 0.275 e. The van der Waals surface area contributed by atoms with Crippen LogP contribution in [-0.2, 0) is 5.92 Å². The largest absolute Gasteiger partial charge is 0.275 e. The molecule has 5 heteroatoms. The zero-order valence-corrected chi connectivity index (χ0v) is 13.0. The summed E-state index contributed by atoms with van der Waals surface area (Å²) in [7, 11) is 0. The molecular formula is C11H14Br2F2S. The summed E-state index contributed by atoms with van der Waals surface area (Å²) < 4.78 is 28.9. The topological polar surface area (TPSA) is 0 Å². The molecule has 0 N–H and O–H groups in total. The molecule has 1 aromatic heterocycles. The molecule has 0 nitrogen and oxygen atoms in total. The number of alkyl halides is 2. The van der Waals surface area contributed by atoms with Gasteiger partial charge < -0.3 is 0 Å². The van der Waals surface area contributed by atoms with Gasteiger partial charge in [0.1, 0.15) is 0 Å². The van der Waals surface area contributed by atoms with Crippen molar-refractivity contribution in [2.24, 2.45) is 0 Å². The van der Waals surface area contributed by atoms with Gasteiger partial charge in [0.15, 0.2) is 0 Å². The number of halogens is 4. The third-order valence-electron chi connectivity index (χ3n) is 2.40. The van der Waals surface area contributed by atoms with E-state index in [-0.39, 0.29) is 12.0 Å². The maximum absolute atomic E-state index is 13.8. The van der Waals surface area contributed by atoms with E-state index >= 15 is 0 Å². The van der Waals surface area contributed by atoms with Gasteiger partial charge in [0.05, 0.1) is 7.57 Å². The van der Waals surface area contributed by atoms with Crippen molar-refractivity contribution in [2.75, 3.05) is 0 Å². The average molecular weight is 376 g/mol. The fourth-order valence-electron chi connectivity index (χ4n) is 1.50. The Kier molecular flexibility index (Phi) is 5.88. The molecule has 0 saturated carbocycles. The summed E-state index contributed by atoms with van der Waals surface area (Å²) in [5.74, 6) is -2.71. The Morgan fingerprint density at radius 2 is 1.94 bits per heavy atom. The molecule has 0 amide bonds. The Hall–Kier alpha value is 0.520. The monoisotopic (exact) mass is 374 g/mol. The molecular weight excluding hydrogens is 362 g/mol. The Labute approximate surface area is 116 Å². The van der Waals surface area contributed by atoms with Crippen molar-refractivity contribution in [3.05, 3.63) is 19.2 Å². The van der Waals surface area contributed by atoms with Crippen molar-refractivity contribution in [1.82, 2.24) is 0 Å². The van der Waals surface area contributed by atoms with Gasteiger partial charge in [0.25, 0.3) is 5.92 Å². The van der Waals surface area contributed by atoms with Crippen molar-refractivity contribution < 1.29 is 8.78 Å². The summed E-state index contributed by atoms with van der Waals surface area (Å²) in [6.07, 6.45) is 3.51. The highest BCUT2D eigenvalue weighted by Gasteiger charge is 2.34. The third kappa shape index (κ3) is 4.08. The summed E-state index contributed by atoms with van der Waals surface area (Å²) in [6, 6.07) is 1.51. The van der Waals surface area contributed by atoms with Crippen LogP contribution in [0.1, 0.15) is 44.6 Å². The Bertz CT molecular complexity index is 337. The number of unbranched alkanes of at least 4 members (excludes halogenated alkanes) is 3. The van der Waals surface area contributed by atoms with E-state index in [9.17, 15) is 8.78 Å². The lowest BCUT2D eigenvalue weighted by Crippen LogP contribution is -2.12. The highest BCUT2D eigenvalue weighted by atomic mass is 79.9. The van der Waals surface area contributed by atoms with Crippen LogP contribution in [-0.4, -0.2) is 0 Å². The molecule has 0 aliphatic carbocycles. The molecule has 0 saturated heterocycles. The normalized spacial score (nSPS) is 12.1. The average Bonchev–Trinajstić information content (AvgIpc) is 2.53. The van der Waals surface area contributed by atoms with Crippen LogP contribution in [0.25, 0.3) is 0 Å². The maximum atomic E-state index is 13.8. The Balaban J connectivity index is 2.59. The molecule has 0 bridgehead atoms. The van der Waals surface area contributed by atoms with Gasteiger partial charge in [0, 0.05) is 12.0 Å². The molecule has 16 heavy (non-hydrogen) atoms. The highest BCUT2D eigenvalue weighted by Crippen LogP contribution is 2.43. The molecule has 1 aromatic rings. The van der Waals surface area contributed by atoms with Crippen LogP contribution in [0.4, 0.5) is 8.78 Å². The lowest BCUT2D eigenvalue weighted by Gasteiger charge is -2.15. The van der Waals surface area contributed by atoms with Crippen LogP contribution < -0.4 is 0 Å². The number of hydrogen-bond donors (Lipinski definition) is 0. The molecule has 0 aliphatic heterocycles. The van der Waals surface area contributed by atoms with Gasteiger partial charge in [-0.2, -0.15) is 0 Å². The van der Waals surface area contributed by atoms with Crippen LogP contribution in [0.5, 0.6) is 0 Å². The lowest BCUT2D eigenvalue weighted by molar-refractivity contribution is -0.0160. The van der Waals surface area contributed by atoms with Gasteiger partial charge in [-0.15, -0.1) is 11.3 Å². The molecule has 0 spiro atoms. The molecule has 0 aliphatic rings. The second-order valence-electron chi connectivity index (χ2n) is 3.75. The van der Waals surface area contributed by atoms with E-state index in [1.165, 1.54) is 17.4 Å². The zero-order chi connectivity index (χ0) is 12.2. The zero-order valence-electron chi connectivity index (χ0n) is 9.03. The van der Waals surface area contributed by atoms with E-state index in [4.69, 9.17) is 0 Å². The van der Waals surface area contributed by atoms with Crippen molar-refractivity contribution in [3.8, 4) is 0 Å². The Morgan fingerprint density at radius 1 is 1.25 bits per heavy atom. The molecule has 0 atom stereocenters. The first kappa shape index (κ1) is 14.6. The number of rotatable bonds is 6. The standard InChI is InChI=1S/C11H14Br2F2S/c1-2-3-4-5-6-11(14,15)8-7-9(12)16-10(8)13/h7H,2-6H2,1H3. The van der Waals surface area contributed by atoms with E-state index in [0.717, 1.165) is 23.0 Å². The first-order chi connectivity index (χ1) is 7.47. The van der Waals surface area contributed by atoms with Crippen molar-refractivity contribution in [2.45, 2.75) is 45.0 Å². The third-order valence-corrected chi connectivity index (χ3v) is 4.73. The number of hydrogen-bond acceptors (Lipinski definition) is 1. The van der Waals surface area contributed by atoms with E-state index in [2.05, 4.69) is 38.8 Å². The SMILES string of the molecule is CCCCCCC(F)(F)c1cc(Br)sc1Br. The second kappa shape index (κ2) is 6.45. The first-order valence-corrected chi connectivity index (χ1v) is 7.70. The van der Waals surface area contributed by atoms with E-state index in [0.29, 0.717) is 10.2 Å². The molecule has 0 radical (unpaired) electrons. The van der Waals surface area contributed by atoms with Crippen LogP contribution in [0.3, 0.4) is 0 Å². The second-order valence-corrected chi connectivity index (χ2v) is 7.50. The van der Waals surface area contributed by atoms with Crippen LogP contribution >= 0.6 is 43.2 Å². The lowest BCUT2D eigenvalue weighted by atomic mass is 10.0. The predicted octanol–water partition coefficient (Wildman–Crippen LogP) is 6.34. The quantitative estimate of drug-likeness (QED) is 0.509. The van der Waals surface area contributed by atoms with Gasteiger partial charge in [-0.25, -0.2) is 8.78 Å². The predicted molar refractivity (Wildman–Crippen MR) is 72.4 cm³/mol. The van der Waals surface area contributed by atoms with E-state index in [1.54, 1.807) is 0 Å². The fraction of sp³-hybridized carbons (Fsp3) is 0.636. The van der Waals surface area contributed by atoms with Crippen molar-refractivity contribution in [3.63, 3.8) is 0 Å². The minimum atomic E-state index is -2.71. The highest BCUT2D eigenvalue weighted by molar-refractivity contribution is 9.12. The summed E-state index contributed by atoms with van der Waals surface area (Å²) >= 11 is 7.70. The van der Waals surface area contributed by atoms with Crippen LogP contribution in [0, 0.1) is 0 Å². The van der Waals surface area contributed by atoms with Crippen molar-refractivity contribution in [1.29, 1.82) is 0 Å². The molecule has 0 fully saturated rings. The minimum absolute atomic E-state index is 0.0607. The minimum Gasteiger partial charge on any atom is -0.201 e. The molecule has 1 rings (SSSR count). The fourth-order valence-corrected chi connectivity index (χ4v) is 4.46. The van der Waals surface area contributed by atoms with Crippen LogP contribution in [0.15, 0.2) is 13.6 Å². The summed E-state index contributed by atoms with van der Waals surface area (Å²) in [5.41, 5.74) is 0.112. The van der Waals surface area contributed by atoms with Gasteiger partial charge in [0.2, 0.25) is 0 Å². The molecule has 92 valence electrons. The van der Waals surface area contributed by atoms with E-state index in [1.807, 2.05) is 0 Å². The van der Waals surface area contributed by atoms with Crippen molar-refractivity contribution >= 4 is 43.2 Å². The molecule has 0 unspecified atom stereocenters.